The number of carbonyl (C=O) groups is 4. The highest BCUT2D eigenvalue weighted by Gasteiger charge is 2.27. The van der Waals surface area contributed by atoms with E-state index in [1.165, 1.54) is 57.6 Å². The predicted octanol–water partition coefficient (Wildman–Crippen LogP) is 6.58. The van der Waals surface area contributed by atoms with Gasteiger partial charge in [0.05, 0.1) is 6.42 Å². The molecule has 3 N–H and O–H groups in total. The summed E-state index contributed by atoms with van der Waals surface area (Å²) in [5.41, 5.74) is 6.49. The number of nitrogens with two attached hydrogens (primary N) is 1. The molecule has 2 aromatic rings. The monoisotopic (exact) mass is 609 g/mol. The molecule has 0 spiro atoms. The minimum atomic E-state index is -1.03. The zero-order valence-electron chi connectivity index (χ0n) is 26.3. The Bertz CT molecular complexity index is 1100. The normalized spacial score (nSPS) is 12.2. The zero-order valence-corrected chi connectivity index (χ0v) is 26.3. The topological polar surface area (TPSA) is 138 Å². The fourth-order valence-corrected chi connectivity index (χ4v) is 4.95. The summed E-state index contributed by atoms with van der Waals surface area (Å²) in [7, 11) is 0. The average molecular weight is 610 g/mol. The summed E-state index contributed by atoms with van der Waals surface area (Å²) >= 11 is 0. The molecule has 0 aliphatic carbocycles. The smallest absolute Gasteiger partial charge is 0.328 e. The minimum Gasteiger partial charge on any atom is -0.461 e. The molecular weight excluding hydrogens is 558 g/mol. The number of nitrogens with one attached hydrogen (secondary N) is 1. The Hall–Kier alpha value is -3.75. The van der Waals surface area contributed by atoms with Gasteiger partial charge in [0.2, 0.25) is 5.91 Å². The Kier molecular flexibility index (Phi) is 18.8. The highest BCUT2D eigenvalue weighted by atomic mass is 16.5. The number of hydrogen-bond donors (Lipinski definition) is 2. The number of benzene rings is 1. The van der Waals surface area contributed by atoms with Gasteiger partial charge in [0, 0.05) is 12.6 Å². The Balaban J connectivity index is 1.85. The van der Waals surface area contributed by atoms with Crippen LogP contribution in [0.5, 0.6) is 0 Å². The first-order valence-electron chi connectivity index (χ1n) is 16.3. The number of hydrogen-bond acceptors (Lipinski definition) is 7. The SMILES string of the molecule is CCCCCCCCCCCCC[C@@H](CC(N)=O)OC(=O)[C@H](CCCC(=O)OCc1ccccc1)NC(=O)c1ccccn1. The molecule has 2 amide bonds. The van der Waals surface area contributed by atoms with Gasteiger partial charge < -0.3 is 20.5 Å². The molecule has 0 radical (unpaired) electrons. The summed E-state index contributed by atoms with van der Waals surface area (Å²) in [6.45, 7) is 2.39. The highest BCUT2D eigenvalue weighted by Crippen LogP contribution is 2.16. The lowest BCUT2D eigenvalue weighted by Crippen LogP contribution is -2.43. The maximum absolute atomic E-state index is 13.3. The molecule has 242 valence electrons. The van der Waals surface area contributed by atoms with E-state index in [-0.39, 0.29) is 38.0 Å². The van der Waals surface area contributed by atoms with Crippen LogP contribution < -0.4 is 11.1 Å². The summed E-state index contributed by atoms with van der Waals surface area (Å²) in [5, 5.41) is 2.69. The molecule has 1 heterocycles. The standard InChI is InChI=1S/C35H51N3O6/c1-2-3-4-5-6-7-8-9-10-11-15-21-29(26-32(36)39)44-35(42)31(38-34(41)30-22-16-17-25-37-30)23-18-24-33(40)43-27-28-19-13-12-14-20-28/h12-14,16-17,19-20,22,25,29,31H,2-11,15,18,21,23-24,26-27H2,1H3,(H2,36,39)(H,38,41)/t29-,31-/m0/s1. The van der Waals surface area contributed by atoms with Crippen LogP contribution in [0.4, 0.5) is 0 Å². The molecule has 0 saturated heterocycles. The molecule has 44 heavy (non-hydrogen) atoms. The van der Waals surface area contributed by atoms with Crippen LogP contribution in [0, 0.1) is 0 Å². The van der Waals surface area contributed by atoms with Gasteiger partial charge in [0.25, 0.3) is 5.91 Å². The number of carbonyl (C=O) groups excluding carboxylic acids is 4. The van der Waals surface area contributed by atoms with Crippen LogP contribution in [-0.4, -0.2) is 40.9 Å². The molecule has 9 heteroatoms. The minimum absolute atomic E-state index is 0.0690. The van der Waals surface area contributed by atoms with Crippen LogP contribution in [0.25, 0.3) is 0 Å². The molecule has 0 aliphatic heterocycles. The van der Waals surface area contributed by atoms with Crippen molar-refractivity contribution in [2.75, 3.05) is 0 Å². The number of primary amides is 1. The van der Waals surface area contributed by atoms with E-state index in [1.54, 1.807) is 18.2 Å². The molecule has 2 atom stereocenters. The van der Waals surface area contributed by atoms with Gasteiger partial charge in [0.1, 0.15) is 24.4 Å². The molecule has 9 nitrogen and oxygen atoms in total. The van der Waals surface area contributed by atoms with Gasteiger partial charge in [-0.25, -0.2) is 4.79 Å². The van der Waals surface area contributed by atoms with Crippen molar-refractivity contribution < 1.29 is 28.7 Å². The quantitative estimate of drug-likeness (QED) is 0.101. The van der Waals surface area contributed by atoms with E-state index in [4.69, 9.17) is 15.2 Å². The molecular formula is C35H51N3O6. The van der Waals surface area contributed by atoms with Crippen molar-refractivity contribution in [3.05, 3.63) is 66.0 Å². The second-order valence-electron chi connectivity index (χ2n) is 11.3. The van der Waals surface area contributed by atoms with Crippen molar-refractivity contribution in [1.82, 2.24) is 10.3 Å². The number of amides is 2. The third-order valence-electron chi connectivity index (χ3n) is 7.45. The van der Waals surface area contributed by atoms with Crippen LogP contribution in [-0.2, 0) is 30.5 Å². The summed E-state index contributed by atoms with van der Waals surface area (Å²) < 4.78 is 11.1. The van der Waals surface area contributed by atoms with Crippen molar-refractivity contribution in [2.24, 2.45) is 5.73 Å². The fraction of sp³-hybridized carbons (Fsp3) is 0.571. The first-order valence-corrected chi connectivity index (χ1v) is 16.3. The van der Waals surface area contributed by atoms with E-state index in [2.05, 4.69) is 17.2 Å². The molecule has 0 aliphatic rings. The maximum Gasteiger partial charge on any atom is 0.328 e. The Labute approximate surface area is 262 Å². The number of aromatic nitrogens is 1. The number of rotatable bonds is 24. The van der Waals surface area contributed by atoms with Crippen LogP contribution in [0.2, 0.25) is 0 Å². The first kappa shape index (κ1) is 36.4. The third kappa shape index (κ3) is 16.8. The van der Waals surface area contributed by atoms with Gasteiger partial charge in [-0.15, -0.1) is 0 Å². The number of unbranched alkanes of at least 4 members (excludes halogenated alkanes) is 10. The van der Waals surface area contributed by atoms with Gasteiger partial charge in [-0.05, 0) is 43.4 Å². The Morgan fingerprint density at radius 2 is 1.43 bits per heavy atom. The first-order chi connectivity index (χ1) is 21.4. The highest BCUT2D eigenvalue weighted by molar-refractivity contribution is 5.95. The van der Waals surface area contributed by atoms with Crippen molar-refractivity contribution in [2.45, 2.75) is 128 Å². The van der Waals surface area contributed by atoms with Crippen LogP contribution in [0.15, 0.2) is 54.7 Å². The summed E-state index contributed by atoms with van der Waals surface area (Å²) in [6, 6.07) is 13.2. The summed E-state index contributed by atoms with van der Waals surface area (Å²) in [5.74, 6) is -2.15. The van der Waals surface area contributed by atoms with Crippen molar-refractivity contribution in [3.8, 4) is 0 Å². The van der Waals surface area contributed by atoms with Gasteiger partial charge in [-0.1, -0.05) is 108 Å². The van der Waals surface area contributed by atoms with Crippen LogP contribution >= 0.6 is 0 Å². The fourth-order valence-electron chi connectivity index (χ4n) is 4.95. The average Bonchev–Trinajstić information content (AvgIpc) is 3.02. The lowest BCUT2D eigenvalue weighted by molar-refractivity contribution is -0.153. The molecule has 0 fully saturated rings. The third-order valence-corrected chi connectivity index (χ3v) is 7.45. The number of esters is 2. The van der Waals surface area contributed by atoms with E-state index in [0.717, 1.165) is 24.8 Å². The van der Waals surface area contributed by atoms with Gasteiger partial charge in [0.15, 0.2) is 0 Å². The largest absolute Gasteiger partial charge is 0.461 e. The summed E-state index contributed by atoms with van der Waals surface area (Å²) in [4.78, 5) is 54.2. The zero-order chi connectivity index (χ0) is 31.8. The molecule has 1 aromatic carbocycles. The van der Waals surface area contributed by atoms with Gasteiger partial charge in [-0.2, -0.15) is 0 Å². The number of pyridine rings is 1. The van der Waals surface area contributed by atoms with E-state index in [0.29, 0.717) is 6.42 Å². The molecule has 0 bridgehead atoms. The molecule has 2 rings (SSSR count). The summed E-state index contributed by atoms with van der Waals surface area (Å²) in [6.07, 6.45) is 14.8. The number of ether oxygens (including phenoxy) is 2. The van der Waals surface area contributed by atoms with Crippen molar-refractivity contribution in [1.29, 1.82) is 0 Å². The lowest BCUT2D eigenvalue weighted by atomic mass is 10.0. The molecule has 1 aromatic heterocycles. The second-order valence-corrected chi connectivity index (χ2v) is 11.3. The van der Waals surface area contributed by atoms with E-state index in [1.807, 2.05) is 30.3 Å². The molecule has 0 saturated carbocycles. The van der Waals surface area contributed by atoms with Crippen molar-refractivity contribution in [3.63, 3.8) is 0 Å². The lowest BCUT2D eigenvalue weighted by Gasteiger charge is -2.22. The Morgan fingerprint density at radius 1 is 0.795 bits per heavy atom. The van der Waals surface area contributed by atoms with E-state index in [9.17, 15) is 19.2 Å². The second kappa shape index (κ2) is 22.7. The maximum atomic E-state index is 13.3. The molecule has 0 unspecified atom stereocenters. The Morgan fingerprint density at radius 3 is 2.05 bits per heavy atom. The van der Waals surface area contributed by atoms with E-state index < -0.39 is 35.9 Å². The van der Waals surface area contributed by atoms with E-state index >= 15 is 0 Å². The van der Waals surface area contributed by atoms with Crippen LogP contribution in [0.1, 0.15) is 126 Å². The van der Waals surface area contributed by atoms with Crippen LogP contribution in [0.3, 0.4) is 0 Å². The van der Waals surface area contributed by atoms with Gasteiger partial charge >= 0.3 is 11.9 Å². The van der Waals surface area contributed by atoms with Gasteiger partial charge in [-0.3, -0.25) is 19.4 Å². The predicted molar refractivity (Wildman–Crippen MR) is 170 cm³/mol. The van der Waals surface area contributed by atoms with Crippen molar-refractivity contribution >= 4 is 23.8 Å². The number of nitrogens with zero attached hydrogens (tertiary/aromatic N) is 1.